The topological polar surface area (TPSA) is 46.5 Å². The highest BCUT2D eigenvalue weighted by molar-refractivity contribution is 9.06. The van der Waals surface area contributed by atoms with Gasteiger partial charge in [-0.1, -0.05) is 0 Å². The third-order valence-corrected chi connectivity index (χ3v) is 0.840. The van der Waals surface area contributed by atoms with Crippen LogP contribution in [-0.4, -0.2) is 8.76 Å². The second-order valence-electron chi connectivity index (χ2n) is 0.280. The summed E-state index contributed by atoms with van der Waals surface area (Å²) in [4.78, 5) is 0. The zero-order valence-corrected chi connectivity index (χ0v) is 4.45. The van der Waals surface area contributed by atoms with Crippen molar-refractivity contribution >= 4 is 27.6 Å². The molecule has 0 bridgehead atoms. The third kappa shape index (κ3) is 4.55. The Bertz CT molecular complexity index is 42.2. The van der Waals surface area contributed by atoms with Crippen molar-refractivity contribution < 1.29 is 12.0 Å². The van der Waals surface area contributed by atoms with E-state index in [1.54, 1.807) is 0 Å². The summed E-state index contributed by atoms with van der Waals surface area (Å²) in [5.74, 6) is 0. The normalized spacial score (nSPS) is 14.8. The van der Waals surface area contributed by atoms with Crippen molar-refractivity contribution in [2.75, 3.05) is 0 Å². The SMILES string of the molecule is O=S(O)OBr. The Hall–Kier alpha value is 0.550. The minimum Gasteiger partial charge on any atom is -0.283 e. The van der Waals surface area contributed by atoms with E-state index >= 15 is 0 Å². The van der Waals surface area contributed by atoms with Gasteiger partial charge in [-0.25, -0.2) is 0 Å². The van der Waals surface area contributed by atoms with Gasteiger partial charge in [0.05, 0.1) is 0 Å². The Morgan fingerprint density at radius 3 is 2.20 bits per heavy atom. The molecule has 0 aliphatic heterocycles. The number of halogens is 1. The van der Waals surface area contributed by atoms with Crippen molar-refractivity contribution in [1.82, 2.24) is 0 Å². The highest BCUT2D eigenvalue weighted by Gasteiger charge is 1.78. The van der Waals surface area contributed by atoms with E-state index in [4.69, 9.17) is 4.55 Å². The van der Waals surface area contributed by atoms with Crippen LogP contribution in [0, 0.1) is 0 Å². The van der Waals surface area contributed by atoms with Gasteiger partial charge in [0, 0.05) is 0 Å². The molecule has 0 aliphatic rings. The Kier molecular flexibility index (Phi) is 3.07. The minimum absolute atomic E-state index is 2.16. The Morgan fingerprint density at radius 1 is 2.00 bits per heavy atom. The van der Waals surface area contributed by atoms with E-state index in [0.717, 1.165) is 0 Å². The van der Waals surface area contributed by atoms with Crippen molar-refractivity contribution in [1.29, 1.82) is 0 Å². The predicted octanol–water partition coefficient (Wildman–Crippen LogP) is 0.450. The van der Waals surface area contributed by atoms with Crippen LogP contribution in [0.25, 0.3) is 0 Å². The molecule has 5 heteroatoms. The maximum absolute atomic E-state index is 9.21. The van der Waals surface area contributed by atoms with Gasteiger partial charge in [-0.05, 0) is 0 Å². The number of rotatable bonds is 1. The molecular formula is HBrO3S. The molecule has 5 heavy (non-hydrogen) atoms. The molecule has 0 fully saturated rings. The van der Waals surface area contributed by atoms with Gasteiger partial charge in [-0.3, -0.25) is 4.55 Å². The molecule has 32 valence electrons. The Labute approximate surface area is 40.3 Å². The first-order chi connectivity index (χ1) is 2.27. The molecule has 0 rings (SSSR count). The van der Waals surface area contributed by atoms with Gasteiger partial charge in [0.25, 0.3) is 0 Å². The highest BCUT2D eigenvalue weighted by Crippen LogP contribution is 1.83. The lowest BCUT2D eigenvalue weighted by Crippen LogP contribution is -1.77. The molecule has 0 aliphatic carbocycles. The molecule has 0 amide bonds. The molecule has 1 atom stereocenters. The van der Waals surface area contributed by atoms with Crippen LogP contribution < -0.4 is 0 Å². The zero-order chi connectivity index (χ0) is 4.28. The quantitative estimate of drug-likeness (QED) is 0.568. The average Bonchev–Trinajstić information content (AvgIpc) is 1.38. The van der Waals surface area contributed by atoms with Gasteiger partial charge < -0.3 is 0 Å². The van der Waals surface area contributed by atoms with Crippen LogP contribution in [0.4, 0.5) is 0 Å². The lowest BCUT2D eigenvalue weighted by molar-refractivity contribution is 0.494. The van der Waals surface area contributed by atoms with E-state index in [0.29, 0.717) is 0 Å². The lowest BCUT2D eigenvalue weighted by Gasteiger charge is -1.72. The molecule has 3 nitrogen and oxygen atoms in total. The third-order valence-electron chi connectivity index (χ3n) is 0.0539. The minimum atomic E-state index is -2.16. The van der Waals surface area contributed by atoms with Crippen molar-refractivity contribution in [2.24, 2.45) is 0 Å². The maximum Gasteiger partial charge on any atom is 0.313 e. The van der Waals surface area contributed by atoms with E-state index in [1.165, 1.54) is 0 Å². The zero-order valence-electron chi connectivity index (χ0n) is 2.05. The molecule has 0 heterocycles. The van der Waals surface area contributed by atoms with Crippen LogP contribution in [-0.2, 0) is 14.6 Å². The van der Waals surface area contributed by atoms with Gasteiger partial charge in [-0.15, -0.1) is 0 Å². The average molecular weight is 161 g/mol. The van der Waals surface area contributed by atoms with Crippen LogP contribution in [0.2, 0.25) is 0 Å². The second-order valence-corrected chi connectivity index (χ2v) is 1.63. The molecule has 0 radical (unpaired) electrons. The largest absolute Gasteiger partial charge is 0.313 e. The van der Waals surface area contributed by atoms with Gasteiger partial charge in [0.1, 0.15) is 16.3 Å². The molecule has 0 saturated carbocycles. The lowest BCUT2D eigenvalue weighted by atomic mass is 15.8. The fourth-order valence-corrected chi connectivity index (χ4v) is 0. The van der Waals surface area contributed by atoms with Gasteiger partial charge in [0.2, 0.25) is 0 Å². The first-order valence-electron chi connectivity index (χ1n) is 0.670. The van der Waals surface area contributed by atoms with Gasteiger partial charge in [-0.2, -0.15) is 7.48 Å². The van der Waals surface area contributed by atoms with Crippen LogP contribution >= 0.6 is 16.3 Å². The second kappa shape index (κ2) is 2.77. The van der Waals surface area contributed by atoms with E-state index in [2.05, 4.69) is 19.5 Å². The van der Waals surface area contributed by atoms with Crippen LogP contribution in [0.1, 0.15) is 0 Å². The predicted molar refractivity (Wildman–Crippen MR) is 20.8 cm³/mol. The van der Waals surface area contributed by atoms with Gasteiger partial charge in [0.15, 0.2) is 0 Å². The monoisotopic (exact) mass is 160 g/mol. The van der Waals surface area contributed by atoms with Crippen LogP contribution in [0.3, 0.4) is 0 Å². The van der Waals surface area contributed by atoms with Crippen molar-refractivity contribution in [3.8, 4) is 0 Å². The van der Waals surface area contributed by atoms with E-state index < -0.39 is 11.4 Å². The summed E-state index contributed by atoms with van der Waals surface area (Å²) in [5, 5.41) is 0. The van der Waals surface area contributed by atoms with E-state index in [-0.39, 0.29) is 0 Å². The summed E-state index contributed by atoms with van der Waals surface area (Å²) < 4.78 is 20.4. The Balaban J connectivity index is 2.85. The summed E-state index contributed by atoms with van der Waals surface area (Å²) in [6.45, 7) is 0. The molecular weight excluding hydrogens is 160 g/mol. The molecule has 1 unspecified atom stereocenters. The summed E-state index contributed by atoms with van der Waals surface area (Å²) in [7, 11) is 0. The molecule has 0 aromatic carbocycles. The summed E-state index contributed by atoms with van der Waals surface area (Å²) >= 11 is 0.108. The summed E-state index contributed by atoms with van der Waals surface area (Å²) in [6.07, 6.45) is 0. The van der Waals surface area contributed by atoms with Crippen LogP contribution in [0.15, 0.2) is 0 Å². The van der Waals surface area contributed by atoms with Crippen molar-refractivity contribution in [3.05, 3.63) is 0 Å². The summed E-state index contributed by atoms with van der Waals surface area (Å²) in [6, 6.07) is 0. The standard InChI is InChI=1S/BrHO3S/c1-4-5(2)3/h(H,2,3). The molecule has 0 aromatic rings. The number of hydrogen-bond acceptors (Lipinski definition) is 2. The molecule has 0 saturated heterocycles. The van der Waals surface area contributed by atoms with E-state index in [9.17, 15) is 4.21 Å². The molecule has 1 N–H and O–H groups in total. The Morgan fingerprint density at radius 2 is 2.20 bits per heavy atom. The molecule has 0 spiro atoms. The van der Waals surface area contributed by atoms with Crippen molar-refractivity contribution in [3.63, 3.8) is 0 Å². The van der Waals surface area contributed by atoms with Crippen LogP contribution in [0.5, 0.6) is 0 Å². The molecule has 0 aromatic heterocycles. The fourth-order valence-electron chi connectivity index (χ4n) is 0. The first-order valence-corrected chi connectivity index (χ1v) is 2.35. The smallest absolute Gasteiger partial charge is 0.283 e. The fraction of sp³-hybridized carbons (Fsp3) is 0. The van der Waals surface area contributed by atoms with Crippen molar-refractivity contribution in [2.45, 2.75) is 0 Å². The first kappa shape index (κ1) is 5.55. The van der Waals surface area contributed by atoms with Gasteiger partial charge >= 0.3 is 11.4 Å². The van der Waals surface area contributed by atoms with E-state index in [1.807, 2.05) is 0 Å². The highest BCUT2D eigenvalue weighted by atomic mass is 79.9. The maximum atomic E-state index is 9.21. The number of hydrogen-bond donors (Lipinski definition) is 1. The summed E-state index contributed by atoms with van der Waals surface area (Å²) in [5.41, 5.74) is 0.